The topological polar surface area (TPSA) is 137 Å². The van der Waals surface area contributed by atoms with Crippen molar-refractivity contribution >= 4 is 23.2 Å². The average molecular weight is 471 g/mol. The molecule has 0 spiro atoms. The number of hydrogen-bond acceptors (Lipinski definition) is 8. The summed E-state index contributed by atoms with van der Waals surface area (Å²) < 4.78 is 20.5. The second-order valence-corrected chi connectivity index (χ2v) is 9.24. The Bertz CT molecular complexity index is 1220. The highest BCUT2D eigenvalue weighted by molar-refractivity contribution is 5.68. The van der Waals surface area contributed by atoms with Gasteiger partial charge in [0.2, 0.25) is 5.82 Å². The first-order valence-corrected chi connectivity index (χ1v) is 11.0. The van der Waals surface area contributed by atoms with Crippen LogP contribution in [0.2, 0.25) is 0 Å². The van der Waals surface area contributed by atoms with Gasteiger partial charge in [-0.25, -0.2) is 24.1 Å². The van der Waals surface area contributed by atoms with Crippen molar-refractivity contribution in [2.45, 2.75) is 64.1 Å². The minimum Gasteiger partial charge on any atom is -0.444 e. The molecule has 180 valence electrons. The maximum absolute atomic E-state index is 13.7. The first kappa shape index (κ1) is 23.3. The Morgan fingerprint density at radius 1 is 1.18 bits per heavy atom. The molecule has 11 nitrogen and oxygen atoms in total. The normalized spacial score (nSPS) is 18.5. The number of nitro groups is 1. The van der Waals surface area contributed by atoms with E-state index in [1.807, 2.05) is 0 Å². The van der Waals surface area contributed by atoms with Crippen molar-refractivity contribution in [2.24, 2.45) is 0 Å². The van der Waals surface area contributed by atoms with Gasteiger partial charge in [0.15, 0.2) is 5.82 Å². The van der Waals surface area contributed by atoms with Gasteiger partial charge in [0.05, 0.1) is 11.1 Å². The highest BCUT2D eigenvalue weighted by atomic mass is 19.1. The summed E-state index contributed by atoms with van der Waals surface area (Å²) in [5.74, 6) is -0.180. The number of anilines is 1. The van der Waals surface area contributed by atoms with E-state index < -0.39 is 22.4 Å². The van der Waals surface area contributed by atoms with Crippen LogP contribution in [0.5, 0.6) is 0 Å². The minimum atomic E-state index is -0.570. The Kier molecular flexibility index (Phi) is 6.31. The number of nitrogens with one attached hydrogen (secondary N) is 2. The van der Waals surface area contributed by atoms with Crippen molar-refractivity contribution in [1.82, 2.24) is 24.7 Å². The molecule has 1 fully saturated rings. The molecule has 34 heavy (non-hydrogen) atoms. The van der Waals surface area contributed by atoms with Crippen LogP contribution in [0.4, 0.5) is 20.7 Å². The predicted octanol–water partition coefficient (Wildman–Crippen LogP) is 4.09. The Morgan fingerprint density at radius 2 is 1.88 bits per heavy atom. The van der Waals surface area contributed by atoms with Gasteiger partial charge in [-0.1, -0.05) is 0 Å². The molecule has 0 atom stereocenters. The SMILES string of the molecule is CC(C)(C)OC(=O)NC1CCC(Nc2nc(-c3cnc4ccc(F)cn34)ncc2[N+](=O)[O-])CC1. The second-order valence-electron chi connectivity index (χ2n) is 9.24. The molecule has 3 heterocycles. The van der Waals surface area contributed by atoms with Gasteiger partial charge in [-0.05, 0) is 58.6 Å². The summed E-state index contributed by atoms with van der Waals surface area (Å²) in [4.78, 5) is 35.7. The molecule has 2 N–H and O–H groups in total. The number of alkyl carbamates (subject to hydrolysis) is 1. The number of ether oxygens (including phenoxy) is 1. The predicted molar refractivity (Wildman–Crippen MR) is 122 cm³/mol. The quantitative estimate of drug-likeness (QED) is 0.419. The fourth-order valence-electron chi connectivity index (χ4n) is 3.91. The lowest BCUT2D eigenvalue weighted by Crippen LogP contribution is -2.42. The highest BCUT2D eigenvalue weighted by Crippen LogP contribution is 2.29. The van der Waals surface area contributed by atoms with Gasteiger partial charge in [-0.15, -0.1) is 0 Å². The molecular weight excluding hydrogens is 445 g/mol. The minimum absolute atomic E-state index is 0.0306. The number of fused-ring (bicyclic) bond motifs is 1. The summed E-state index contributed by atoms with van der Waals surface area (Å²) >= 11 is 0. The Balaban J connectivity index is 1.48. The maximum atomic E-state index is 13.7. The standard InChI is InChI=1S/C22H26FN7O4/c1-22(2,3)34-21(31)27-15-7-5-14(6-8-15)26-20-17(30(32)33)11-25-19(28-20)16-10-24-18-9-4-13(23)12-29(16)18/h4,9-12,14-15H,5-8H2,1-3H3,(H,27,31)(H,25,26,28). The largest absolute Gasteiger partial charge is 0.444 e. The number of carbonyl (C=O) groups excluding carboxylic acids is 1. The summed E-state index contributed by atoms with van der Waals surface area (Å²) in [5, 5.41) is 17.6. The van der Waals surface area contributed by atoms with E-state index in [9.17, 15) is 19.3 Å². The lowest BCUT2D eigenvalue weighted by molar-refractivity contribution is -0.384. The lowest BCUT2D eigenvalue weighted by atomic mass is 9.91. The number of imidazole rings is 1. The van der Waals surface area contributed by atoms with Crippen molar-refractivity contribution in [1.29, 1.82) is 0 Å². The van der Waals surface area contributed by atoms with Crippen LogP contribution in [0.25, 0.3) is 17.2 Å². The third-order valence-electron chi connectivity index (χ3n) is 5.45. The summed E-state index contributed by atoms with van der Waals surface area (Å²) in [5.41, 5.74) is 0.0955. The molecule has 0 radical (unpaired) electrons. The van der Waals surface area contributed by atoms with Crippen molar-refractivity contribution in [2.75, 3.05) is 5.32 Å². The number of carbonyl (C=O) groups is 1. The van der Waals surface area contributed by atoms with Gasteiger partial charge in [-0.2, -0.15) is 0 Å². The molecule has 0 saturated heterocycles. The zero-order valence-corrected chi connectivity index (χ0v) is 19.1. The molecule has 3 aromatic rings. The van der Waals surface area contributed by atoms with E-state index in [2.05, 4.69) is 25.6 Å². The Hall–Kier alpha value is -3.83. The number of amides is 1. The van der Waals surface area contributed by atoms with Crippen molar-refractivity contribution in [3.8, 4) is 11.5 Å². The highest BCUT2D eigenvalue weighted by Gasteiger charge is 2.27. The van der Waals surface area contributed by atoms with Gasteiger partial charge < -0.3 is 15.4 Å². The van der Waals surface area contributed by atoms with E-state index in [4.69, 9.17) is 4.74 Å². The summed E-state index contributed by atoms with van der Waals surface area (Å²) in [7, 11) is 0. The number of halogens is 1. The van der Waals surface area contributed by atoms with Crippen LogP contribution in [0.15, 0.2) is 30.7 Å². The Labute approximate surface area is 194 Å². The van der Waals surface area contributed by atoms with Crippen molar-refractivity contribution in [3.63, 3.8) is 0 Å². The van der Waals surface area contributed by atoms with E-state index in [0.717, 1.165) is 6.20 Å². The summed E-state index contributed by atoms with van der Waals surface area (Å²) in [6, 6.07) is 2.71. The van der Waals surface area contributed by atoms with Crippen LogP contribution in [-0.2, 0) is 4.74 Å². The average Bonchev–Trinajstić information content (AvgIpc) is 3.16. The maximum Gasteiger partial charge on any atom is 0.407 e. The third-order valence-corrected chi connectivity index (χ3v) is 5.45. The lowest BCUT2D eigenvalue weighted by Gasteiger charge is -2.30. The molecule has 1 aliphatic rings. The van der Waals surface area contributed by atoms with Gasteiger partial charge in [0.1, 0.15) is 29.0 Å². The van der Waals surface area contributed by atoms with Gasteiger partial charge in [0.25, 0.3) is 0 Å². The number of aromatic nitrogens is 4. The number of hydrogen-bond donors (Lipinski definition) is 2. The van der Waals surface area contributed by atoms with Crippen LogP contribution in [0.1, 0.15) is 46.5 Å². The smallest absolute Gasteiger partial charge is 0.407 e. The van der Waals surface area contributed by atoms with Gasteiger partial charge in [-0.3, -0.25) is 14.5 Å². The van der Waals surface area contributed by atoms with E-state index in [1.165, 1.54) is 28.9 Å². The van der Waals surface area contributed by atoms with E-state index in [0.29, 0.717) is 37.0 Å². The zero-order valence-electron chi connectivity index (χ0n) is 19.1. The van der Waals surface area contributed by atoms with Crippen LogP contribution >= 0.6 is 0 Å². The van der Waals surface area contributed by atoms with E-state index in [-0.39, 0.29) is 29.4 Å². The first-order valence-electron chi connectivity index (χ1n) is 11.0. The fourth-order valence-corrected chi connectivity index (χ4v) is 3.91. The van der Waals surface area contributed by atoms with Gasteiger partial charge in [0, 0.05) is 18.3 Å². The van der Waals surface area contributed by atoms with Crippen LogP contribution < -0.4 is 10.6 Å². The monoisotopic (exact) mass is 471 g/mol. The molecule has 0 aromatic carbocycles. The summed E-state index contributed by atoms with van der Waals surface area (Å²) in [6.45, 7) is 5.42. The van der Waals surface area contributed by atoms with Crippen LogP contribution in [0, 0.1) is 15.9 Å². The molecule has 12 heteroatoms. The molecule has 0 unspecified atom stereocenters. The molecule has 3 aromatic heterocycles. The fraction of sp³-hybridized carbons (Fsp3) is 0.455. The van der Waals surface area contributed by atoms with Crippen molar-refractivity contribution in [3.05, 3.63) is 46.7 Å². The molecule has 1 saturated carbocycles. The second kappa shape index (κ2) is 9.20. The third kappa shape index (κ3) is 5.38. The van der Waals surface area contributed by atoms with E-state index in [1.54, 1.807) is 20.8 Å². The molecule has 1 amide bonds. The summed E-state index contributed by atoms with van der Waals surface area (Å²) in [6.07, 6.45) is 6.17. The first-order chi connectivity index (χ1) is 16.1. The van der Waals surface area contributed by atoms with Crippen molar-refractivity contribution < 1.29 is 18.8 Å². The molecule has 0 aliphatic heterocycles. The number of nitrogens with zero attached hydrogens (tertiary/aromatic N) is 5. The van der Waals surface area contributed by atoms with Gasteiger partial charge >= 0.3 is 11.8 Å². The number of pyridine rings is 1. The Morgan fingerprint density at radius 3 is 2.56 bits per heavy atom. The van der Waals surface area contributed by atoms with Crippen LogP contribution in [-0.4, -0.2) is 48.1 Å². The van der Waals surface area contributed by atoms with Crippen LogP contribution in [0.3, 0.4) is 0 Å². The molecule has 0 bridgehead atoms. The van der Waals surface area contributed by atoms with E-state index >= 15 is 0 Å². The molecule has 4 rings (SSSR count). The molecular formula is C22H26FN7O4. The zero-order chi connectivity index (χ0) is 24.5. The number of rotatable bonds is 5. The molecule has 1 aliphatic carbocycles.